The Labute approximate surface area is 159 Å². The Bertz CT molecular complexity index is 805. The summed E-state index contributed by atoms with van der Waals surface area (Å²) in [4.78, 5) is 23.8. The molecule has 27 heavy (non-hydrogen) atoms. The maximum Gasteiger partial charge on any atom is 0.305 e. The monoisotopic (exact) mass is 371 g/mol. The molecule has 0 fully saturated rings. The zero-order valence-electron chi connectivity index (χ0n) is 15.8. The molecule has 0 aliphatic heterocycles. The number of carboxylic acids is 1. The normalized spacial score (nSPS) is 12.9. The van der Waals surface area contributed by atoms with Gasteiger partial charge in [0.2, 0.25) is 0 Å². The van der Waals surface area contributed by atoms with Crippen LogP contribution < -0.4 is 10.1 Å². The van der Waals surface area contributed by atoms with Gasteiger partial charge in [0, 0.05) is 18.2 Å². The third-order valence-corrected chi connectivity index (χ3v) is 4.04. The van der Waals surface area contributed by atoms with Gasteiger partial charge in [0.15, 0.2) is 0 Å². The first-order chi connectivity index (χ1) is 12.9. The van der Waals surface area contributed by atoms with E-state index in [4.69, 9.17) is 14.6 Å². The zero-order valence-corrected chi connectivity index (χ0v) is 15.8. The number of hydrogen-bond donors (Lipinski definition) is 2. The quantitative estimate of drug-likeness (QED) is 0.706. The highest BCUT2D eigenvalue weighted by atomic mass is 16.5. The summed E-state index contributed by atoms with van der Waals surface area (Å²) in [6, 6.07) is 14.8. The van der Waals surface area contributed by atoms with Gasteiger partial charge in [-0.05, 0) is 37.6 Å². The van der Waals surface area contributed by atoms with E-state index in [9.17, 15) is 9.59 Å². The minimum atomic E-state index is -1.01. The summed E-state index contributed by atoms with van der Waals surface area (Å²) in [5.41, 5.74) is 1.17. The maximum atomic E-state index is 12.7. The first-order valence-corrected chi connectivity index (χ1v) is 8.74. The van der Waals surface area contributed by atoms with Crippen molar-refractivity contribution in [2.75, 3.05) is 20.3 Å². The molecular weight excluding hydrogens is 346 g/mol. The Morgan fingerprint density at radius 1 is 1.15 bits per heavy atom. The van der Waals surface area contributed by atoms with Gasteiger partial charge in [-0.15, -0.1) is 0 Å². The number of nitrogens with one attached hydrogen (secondary N) is 1. The largest absolute Gasteiger partial charge is 0.493 e. The smallest absolute Gasteiger partial charge is 0.305 e. The molecule has 0 saturated heterocycles. The molecule has 0 heterocycles. The van der Waals surface area contributed by atoms with Gasteiger partial charge in [-0.3, -0.25) is 9.59 Å². The Morgan fingerprint density at radius 2 is 1.89 bits per heavy atom. The Morgan fingerprint density at radius 3 is 2.56 bits per heavy atom. The number of ether oxygens (including phenoxy) is 2. The van der Waals surface area contributed by atoms with Gasteiger partial charge >= 0.3 is 5.97 Å². The van der Waals surface area contributed by atoms with Gasteiger partial charge in [0.25, 0.3) is 5.91 Å². The van der Waals surface area contributed by atoms with E-state index in [1.807, 2.05) is 37.3 Å². The van der Waals surface area contributed by atoms with Crippen molar-refractivity contribution in [2.45, 2.75) is 25.8 Å². The van der Waals surface area contributed by atoms with E-state index in [1.165, 1.54) is 7.11 Å². The number of hydrogen-bond acceptors (Lipinski definition) is 4. The van der Waals surface area contributed by atoms with Crippen molar-refractivity contribution in [3.8, 4) is 16.9 Å². The number of methoxy groups -OCH3 is 1. The number of amides is 1. The second-order valence-corrected chi connectivity index (χ2v) is 6.53. The average Bonchev–Trinajstić information content (AvgIpc) is 2.62. The summed E-state index contributed by atoms with van der Waals surface area (Å²) in [6.07, 6.45) is -0.237. The summed E-state index contributed by atoms with van der Waals surface area (Å²) in [7, 11) is 1.47. The van der Waals surface area contributed by atoms with Crippen LogP contribution in [0.2, 0.25) is 0 Å². The Kier molecular flexibility index (Phi) is 6.96. The minimum Gasteiger partial charge on any atom is -0.493 e. The molecule has 0 aromatic heterocycles. The standard InChI is InChI=1S/C21H25NO5/c1-4-27-18-11-6-5-10-17(18)15-8-7-9-16(12-15)20(25)22-21(2,14-26-3)13-19(23)24/h5-12H,4,13-14H2,1-3H3,(H,22,25)(H,23,24). The highest BCUT2D eigenvalue weighted by molar-refractivity contribution is 5.96. The maximum absolute atomic E-state index is 12.7. The third kappa shape index (κ3) is 5.56. The Balaban J connectivity index is 2.29. The lowest BCUT2D eigenvalue weighted by Crippen LogP contribution is -2.50. The summed E-state index contributed by atoms with van der Waals surface area (Å²) in [5.74, 6) is -0.617. The van der Waals surface area contributed by atoms with Crippen LogP contribution in [0.15, 0.2) is 48.5 Å². The number of carbonyl (C=O) groups excluding carboxylic acids is 1. The summed E-state index contributed by atoms with van der Waals surface area (Å²) >= 11 is 0. The number of rotatable bonds is 9. The third-order valence-electron chi connectivity index (χ3n) is 4.04. The zero-order chi connectivity index (χ0) is 19.9. The minimum absolute atomic E-state index is 0.0951. The second-order valence-electron chi connectivity index (χ2n) is 6.53. The summed E-state index contributed by atoms with van der Waals surface area (Å²) in [5, 5.41) is 11.9. The lowest BCUT2D eigenvalue weighted by molar-refractivity contribution is -0.139. The lowest BCUT2D eigenvalue weighted by atomic mass is 9.97. The molecule has 1 amide bonds. The number of aliphatic carboxylic acids is 1. The Hall–Kier alpha value is -2.86. The first-order valence-electron chi connectivity index (χ1n) is 8.74. The number of carboxylic acid groups (broad SMARTS) is 1. The van der Waals surface area contributed by atoms with Crippen molar-refractivity contribution in [3.05, 3.63) is 54.1 Å². The SMILES string of the molecule is CCOc1ccccc1-c1cccc(C(=O)NC(C)(COC)CC(=O)O)c1. The molecule has 0 aliphatic carbocycles. The molecule has 6 heteroatoms. The predicted octanol–water partition coefficient (Wildman–Crippen LogP) is 3.36. The fourth-order valence-electron chi connectivity index (χ4n) is 2.94. The molecule has 6 nitrogen and oxygen atoms in total. The molecule has 0 radical (unpaired) electrons. The highest BCUT2D eigenvalue weighted by Gasteiger charge is 2.30. The van der Waals surface area contributed by atoms with Crippen molar-refractivity contribution in [3.63, 3.8) is 0 Å². The molecule has 2 N–H and O–H groups in total. The number of carbonyl (C=O) groups is 2. The van der Waals surface area contributed by atoms with Crippen LogP contribution in [0.5, 0.6) is 5.75 Å². The molecule has 0 saturated carbocycles. The van der Waals surface area contributed by atoms with E-state index in [1.54, 1.807) is 25.1 Å². The fourth-order valence-corrected chi connectivity index (χ4v) is 2.94. The van der Waals surface area contributed by atoms with Crippen molar-refractivity contribution < 1.29 is 24.2 Å². The molecule has 0 bridgehead atoms. The number of benzene rings is 2. The van der Waals surface area contributed by atoms with Crippen LogP contribution in [0.25, 0.3) is 11.1 Å². The molecule has 144 valence electrons. The summed E-state index contributed by atoms with van der Waals surface area (Å²) in [6.45, 7) is 4.20. The van der Waals surface area contributed by atoms with Crippen LogP contribution in [0.3, 0.4) is 0 Å². The molecule has 1 unspecified atom stereocenters. The van der Waals surface area contributed by atoms with E-state index in [0.717, 1.165) is 16.9 Å². The predicted molar refractivity (Wildman–Crippen MR) is 103 cm³/mol. The van der Waals surface area contributed by atoms with Gasteiger partial charge in [-0.25, -0.2) is 0 Å². The molecule has 1 atom stereocenters. The van der Waals surface area contributed by atoms with Crippen LogP contribution >= 0.6 is 0 Å². The molecule has 2 rings (SSSR count). The van der Waals surface area contributed by atoms with E-state index in [0.29, 0.717) is 12.2 Å². The van der Waals surface area contributed by atoms with Crippen LogP contribution in [-0.2, 0) is 9.53 Å². The topological polar surface area (TPSA) is 84.9 Å². The molecule has 0 spiro atoms. The second kappa shape index (κ2) is 9.19. The van der Waals surface area contributed by atoms with Crippen LogP contribution in [-0.4, -0.2) is 42.8 Å². The average molecular weight is 371 g/mol. The summed E-state index contributed by atoms with van der Waals surface area (Å²) < 4.78 is 10.8. The molecule has 2 aromatic carbocycles. The fraction of sp³-hybridized carbons (Fsp3) is 0.333. The van der Waals surface area contributed by atoms with Crippen molar-refractivity contribution in [2.24, 2.45) is 0 Å². The van der Waals surface area contributed by atoms with E-state index >= 15 is 0 Å². The van der Waals surface area contributed by atoms with Gasteiger partial charge < -0.3 is 19.9 Å². The van der Waals surface area contributed by atoms with Gasteiger partial charge in [-0.1, -0.05) is 30.3 Å². The van der Waals surface area contributed by atoms with Crippen LogP contribution in [0.1, 0.15) is 30.6 Å². The number of para-hydroxylation sites is 1. The van der Waals surface area contributed by atoms with Crippen LogP contribution in [0, 0.1) is 0 Å². The highest BCUT2D eigenvalue weighted by Crippen LogP contribution is 2.30. The van der Waals surface area contributed by atoms with Gasteiger partial charge in [-0.2, -0.15) is 0 Å². The molecule has 2 aromatic rings. The van der Waals surface area contributed by atoms with Crippen molar-refractivity contribution in [1.82, 2.24) is 5.32 Å². The van der Waals surface area contributed by atoms with Crippen molar-refractivity contribution >= 4 is 11.9 Å². The van der Waals surface area contributed by atoms with Gasteiger partial charge in [0.05, 0.1) is 25.2 Å². The van der Waals surface area contributed by atoms with Crippen molar-refractivity contribution in [1.29, 1.82) is 0 Å². The van der Waals surface area contributed by atoms with E-state index < -0.39 is 11.5 Å². The van der Waals surface area contributed by atoms with Crippen LogP contribution in [0.4, 0.5) is 0 Å². The molecular formula is C21H25NO5. The van der Waals surface area contributed by atoms with Gasteiger partial charge in [0.1, 0.15) is 5.75 Å². The van der Waals surface area contributed by atoms with E-state index in [-0.39, 0.29) is 18.9 Å². The van der Waals surface area contributed by atoms with E-state index in [2.05, 4.69) is 5.32 Å². The first kappa shape index (κ1) is 20.5. The molecule has 0 aliphatic rings. The lowest BCUT2D eigenvalue weighted by Gasteiger charge is -2.28.